The van der Waals surface area contributed by atoms with Crippen LogP contribution in [0.25, 0.3) is 12.2 Å². The lowest BCUT2D eigenvalue weighted by molar-refractivity contribution is -0.115. The average Bonchev–Trinajstić information content (AvgIpc) is 3.07. The minimum atomic E-state index is -0.502. The molecule has 0 amide bonds. The van der Waals surface area contributed by atoms with Gasteiger partial charge in [-0.3, -0.25) is 4.79 Å². The van der Waals surface area contributed by atoms with E-state index in [1.54, 1.807) is 48.6 Å². The predicted octanol–water partition coefficient (Wildman–Crippen LogP) is 5.47. The van der Waals surface area contributed by atoms with Crippen LogP contribution in [0.15, 0.2) is 54.0 Å². The largest absolute Gasteiger partial charge is 0.493 e. The summed E-state index contributed by atoms with van der Waals surface area (Å²) in [4.78, 5) is 13.9. The Morgan fingerprint density at radius 1 is 0.564 bits per heavy atom. The summed E-state index contributed by atoms with van der Waals surface area (Å²) < 4.78 is 45.2. The normalized spacial score (nSPS) is 14.6. The number of fused-ring (bicyclic) bond motifs is 1. The molecule has 0 aliphatic carbocycles. The van der Waals surface area contributed by atoms with E-state index in [-0.39, 0.29) is 11.5 Å². The SMILES string of the molecule is COc1ccc(/C=C2\Oc3ccc(C)cc3O/C(=C\c3ccc(OC)c(OC)c3OC)C2=O)c(OC)c1OC. The summed E-state index contributed by atoms with van der Waals surface area (Å²) in [6.45, 7) is 1.92. The highest BCUT2D eigenvalue weighted by atomic mass is 16.5. The minimum Gasteiger partial charge on any atom is -0.493 e. The Bertz CT molecular complexity index is 1450. The Morgan fingerprint density at radius 2 is 1.03 bits per heavy atom. The Morgan fingerprint density at radius 3 is 1.46 bits per heavy atom. The van der Waals surface area contributed by atoms with Crippen LogP contribution in [0.4, 0.5) is 0 Å². The summed E-state index contributed by atoms with van der Waals surface area (Å²) in [6.07, 6.45) is 3.14. The summed E-state index contributed by atoms with van der Waals surface area (Å²) in [6, 6.07) is 12.3. The molecule has 0 radical (unpaired) electrons. The Kier molecular flexibility index (Phi) is 8.19. The van der Waals surface area contributed by atoms with E-state index in [4.69, 9.17) is 37.9 Å². The number of hydrogen-bond donors (Lipinski definition) is 0. The van der Waals surface area contributed by atoms with Crippen molar-refractivity contribution in [1.29, 1.82) is 0 Å². The fraction of sp³-hybridized carbons (Fsp3) is 0.233. The van der Waals surface area contributed by atoms with Crippen LogP contribution < -0.4 is 37.9 Å². The van der Waals surface area contributed by atoms with E-state index in [0.29, 0.717) is 57.1 Å². The number of ether oxygens (including phenoxy) is 8. The molecule has 3 aromatic rings. The Hall–Kier alpha value is -4.79. The number of carbonyl (C=O) groups is 1. The van der Waals surface area contributed by atoms with Crippen molar-refractivity contribution < 1.29 is 42.7 Å². The number of benzene rings is 3. The Balaban J connectivity index is 1.91. The van der Waals surface area contributed by atoms with Crippen LogP contribution in [0.3, 0.4) is 0 Å². The van der Waals surface area contributed by atoms with Gasteiger partial charge in [0, 0.05) is 11.1 Å². The molecule has 9 heteroatoms. The summed E-state index contributed by atoms with van der Waals surface area (Å²) >= 11 is 0. The van der Waals surface area contributed by atoms with Crippen molar-refractivity contribution in [2.75, 3.05) is 42.7 Å². The van der Waals surface area contributed by atoms with Crippen molar-refractivity contribution in [3.05, 3.63) is 70.7 Å². The average molecular weight is 535 g/mol. The van der Waals surface area contributed by atoms with E-state index in [9.17, 15) is 4.79 Å². The minimum absolute atomic E-state index is 0.00816. The third kappa shape index (κ3) is 5.29. The summed E-state index contributed by atoms with van der Waals surface area (Å²) in [7, 11) is 9.09. The fourth-order valence-electron chi connectivity index (χ4n) is 4.18. The molecule has 0 saturated heterocycles. The van der Waals surface area contributed by atoms with E-state index < -0.39 is 5.78 Å². The van der Waals surface area contributed by atoms with E-state index in [1.165, 1.54) is 42.7 Å². The summed E-state index contributed by atoms with van der Waals surface area (Å²) in [5, 5.41) is 0. The highest BCUT2D eigenvalue weighted by Gasteiger charge is 2.28. The molecule has 0 aromatic heterocycles. The number of aryl methyl sites for hydroxylation is 1. The molecule has 0 unspecified atom stereocenters. The number of methoxy groups -OCH3 is 6. The number of ketones is 1. The lowest BCUT2D eigenvalue weighted by Gasteiger charge is -2.15. The van der Waals surface area contributed by atoms with E-state index in [1.807, 2.05) is 13.0 Å². The Labute approximate surface area is 227 Å². The van der Waals surface area contributed by atoms with Gasteiger partial charge in [-0.15, -0.1) is 0 Å². The summed E-state index contributed by atoms with van der Waals surface area (Å²) in [5.41, 5.74) is 2.01. The van der Waals surface area contributed by atoms with Crippen LogP contribution in [0.1, 0.15) is 16.7 Å². The number of hydrogen-bond acceptors (Lipinski definition) is 9. The maximum atomic E-state index is 13.9. The first-order valence-corrected chi connectivity index (χ1v) is 11.9. The van der Waals surface area contributed by atoms with Gasteiger partial charge in [-0.05, 0) is 61.0 Å². The second-order valence-electron chi connectivity index (χ2n) is 8.35. The zero-order valence-electron chi connectivity index (χ0n) is 22.9. The lowest BCUT2D eigenvalue weighted by atomic mass is 10.1. The molecule has 0 bridgehead atoms. The number of rotatable bonds is 8. The lowest BCUT2D eigenvalue weighted by Crippen LogP contribution is -2.12. The molecular weight excluding hydrogens is 504 g/mol. The van der Waals surface area contributed by atoms with Crippen molar-refractivity contribution in [2.45, 2.75) is 6.92 Å². The van der Waals surface area contributed by atoms with Crippen molar-refractivity contribution >= 4 is 17.9 Å². The second-order valence-corrected chi connectivity index (χ2v) is 8.35. The second kappa shape index (κ2) is 11.7. The first-order chi connectivity index (χ1) is 18.9. The van der Waals surface area contributed by atoms with Gasteiger partial charge in [-0.1, -0.05) is 6.07 Å². The van der Waals surface area contributed by atoms with Crippen molar-refractivity contribution in [3.63, 3.8) is 0 Å². The molecule has 0 spiro atoms. The topological polar surface area (TPSA) is 90.9 Å². The van der Waals surface area contributed by atoms with E-state index >= 15 is 0 Å². The van der Waals surface area contributed by atoms with Gasteiger partial charge in [0.25, 0.3) is 5.78 Å². The van der Waals surface area contributed by atoms with Gasteiger partial charge in [0.05, 0.1) is 42.7 Å². The van der Waals surface area contributed by atoms with Gasteiger partial charge in [0.1, 0.15) is 0 Å². The molecule has 0 atom stereocenters. The third-order valence-corrected chi connectivity index (χ3v) is 6.03. The molecule has 0 N–H and O–H groups in total. The molecule has 1 aliphatic heterocycles. The van der Waals surface area contributed by atoms with E-state index in [2.05, 4.69) is 0 Å². The molecule has 0 fully saturated rings. The third-order valence-electron chi connectivity index (χ3n) is 6.03. The van der Waals surface area contributed by atoms with Crippen LogP contribution in [0.5, 0.6) is 46.0 Å². The van der Waals surface area contributed by atoms with Crippen molar-refractivity contribution in [2.24, 2.45) is 0 Å². The summed E-state index contributed by atoms with van der Waals surface area (Å²) in [5.74, 6) is 2.76. The van der Waals surface area contributed by atoms with Gasteiger partial charge in [-0.2, -0.15) is 0 Å². The molecule has 1 aliphatic rings. The monoisotopic (exact) mass is 534 g/mol. The predicted molar refractivity (Wildman–Crippen MR) is 146 cm³/mol. The zero-order chi connectivity index (χ0) is 28.1. The fourth-order valence-corrected chi connectivity index (χ4v) is 4.18. The maximum absolute atomic E-state index is 13.9. The van der Waals surface area contributed by atoms with Crippen LogP contribution in [0.2, 0.25) is 0 Å². The van der Waals surface area contributed by atoms with E-state index in [0.717, 1.165) is 5.56 Å². The van der Waals surface area contributed by atoms with Crippen LogP contribution in [-0.4, -0.2) is 48.4 Å². The van der Waals surface area contributed by atoms with Crippen molar-refractivity contribution in [3.8, 4) is 46.0 Å². The molecule has 39 heavy (non-hydrogen) atoms. The van der Waals surface area contributed by atoms with Crippen LogP contribution >= 0.6 is 0 Å². The molecule has 1 heterocycles. The smallest absolute Gasteiger partial charge is 0.263 e. The quantitative estimate of drug-likeness (QED) is 0.349. The first kappa shape index (κ1) is 27.3. The van der Waals surface area contributed by atoms with Gasteiger partial charge in [0.15, 0.2) is 46.0 Å². The molecule has 204 valence electrons. The van der Waals surface area contributed by atoms with Crippen LogP contribution in [0, 0.1) is 6.92 Å². The van der Waals surface area contributed by atoms with Gasteiger partial charge >= 0.3 is 0 Å². The van der Waals surface area contributed by atoms with Gasteiger partial charge in [-0.25, -0.2) is 0 Å². The number of carbonyl (C=O) groups excluding carboxylic acids is 1. The molecule has 0 saturated carbocycles. The highest BCUT2D eigenvalue weighted by molar-refractivity contribution is 6.12. The van der Waals surface area contributed by atoms with Gasteiger partial charge in [0.2, 0.25) is 11.5 Å². The molecule has 4 rings (SSSR count). The standard InChI is InChI=1S/C30H30O9/c1-17-8-11-20-23(14-17)39-25(16-19-10-13-22(33-3)30(37-7)28(19)35-5)26(31)24(38-20)15-18-9-12-21(32-2)29(36-6)27(18)34-4/h8-16H,1-7H3/b24-15-,25-16-. The molecular formula is C30H30O9. The number of Topliss-reactive ketones (excluding diaryl/α,β-unsaturated/α-hetero) is 1. The molecule has 9 nitrogen and oxygen atoms in total. The highest BCUT2D eigenvalue weighted by Crippen LogP contribution is 2.43. The van der Waals surface area contributed by atoms with Crippen LogP contribution in [-0.2, 0) is 4.79 Å². The van der Waals surface area contributed by atoms with Crippen molar-refractivity contribution in [1.82, 2.24) is 0 Å². The first-order valence-electron chi connectivity index (χ1n) is 11.9. The maximum Gasteiger partial charge on any atom is 0.263 e. The molecule has 3 aromatic carbocycles. The zero-order valence-corrected chi connectivity index (χ0v) is 22.9. The van der Waals surface area contributed by atoms with Gasteiger partial charge < -0.3 is 37.9 Å².